The number of benzene rings is 2. The highest BCUT2D eigenvalue weighted by molar-refractivity contribution is 5.76. The van der Waals surface area contributed by atoms with E-state index in [2.05, 4.69) is 36.2 Å². The fourth-order valence-corrected chi connectivity index (χ4v) is 3.41. The average molecular weight is 400 g/mol. The fourth-order valence-electron chi connectivity index (χ4n) is 3.41. The van der Waals surface area contributed by atoms with Gasteiger partial charge in [-0.15, -0.1) is 0 Å². The van der Waals surface area contributed by atoms with Crippen molar-refractivity contribution in [3.8, 4) is 22.8 Å². The Kier molecular flexibility index (Phi) is 7.56. The number of Topliss-reactive ketones (excluding diaryl/α,β-unsaturated/α-hetero) is 1. The van der Waals surface area contributed by atoms with E-state index >= 15 is 0 Å². The Labute approximate surface area is 179 Å². The molecule has 3 aromatic rings. The van der Waals surface area contributed by atoms with Crippen molar-refractivity contribution >= 4 is 11.9 Å². The number of aryl methyl sites for hydroxylation is 1. The number of ether oxygens (including phenoxy) is 1. The van der Waals surface area contributed by atoms with Crippen LogP contribution >= 0.6 is 0 Å². The molecular formula is C27H29NO2. The van der Waals surface area contributed by atoms with E-state index in [0.717, 1.165) is 35.3 Å². The predicted molar refractivity (Wildman–Crippen MR) is 124 cm³/mol. The van der Waals surface area contributed by atoms with Gasteiger partial charge < -0.3 is 9.53 Å². The average Bonchev–Trinajstić information content (AvgIpc) is 2.75. The molecule has 154 valence electrons. The molecule has 1 heterocycles. The first-order valence-electron chi connectivity index (χ1n) is 10.5. The largest absolute Gasteiger partial charge is 0.438 e. The Morgan fingerprint density at radius 1 is 1.10 bits per heavy atom. The lowest BCUT2D eigenvalue weighted by Gasteiger charge is -2.13. The molecule has 1 atom stereocenters. The van der Waals surface area contributed by atoms with Gasteiger partial charge in [-0.2, -0.15) is 0 Å². The first-order valence-corrected chi connectivity index (χ1v) is 10.5. The van der Waals surface area contributed by atoms with Gasteiger partial charge >= 0.3 is 0 Å². The fraction of sp³-hybridized carbons (Fsp3) is 0.259. The molecule has 30 heavy (non-hydrogen) atoms. The van der Waals surface area contributed by atoms with E-state index in [9.17, 15) is 4.79 Å². The number of ketones is 1. The summed E-state index contributed by atoms with van der Waals surface area (Å²) in [4.78, 5) is 15.7. The van der Waals surface area contributed by atoms with E-state index in [0.29, 0.717) is 12.3 Å². The quantitative estimate of drug-likeness (QED) is 0.384. The number of nitrogens with zero attached hydrogens (tertiary/aromatic N) is 1. The molecule has 0 aliphatic rings. The Balaban J connectivity index is 1.79. The minimum Gasteiger partial charge on any atom is -0.438 e. The van der Waals surface area contributed by atoms with Crippen LogP contribution in [0.2, 0.25) is 0 Å². The van der Waals surface area contributed by atoms with Gasteiger partial charge in [0, 0.05) is 24.2 Å². The van der Waals surface area contributed by atoms with Crippen LogP contribution in [0.3, 0.4) is 0 Å². The van der Waals surface area contributed by atoms with Crippen LogP contribution in [0.1, 0.15) is 44.7 Å². The first kappa shape index (κ1) is 21.5. The van der Waals surface area contributed by atoms with Crippen LogP contribution < -0.4 is 4.74 Å². The molecular weight excluding hydrogens is 370 g/mol. The summed E-state index contributed by atoms with van der Waals surface area (Å²) in [7, 11) is 0. The molecule has 0 N–H and O–H groups in total. The zero-order valence-electron chi connectivity index (χ0n) is 18.0. The maximum atomic E-state index is 11.2. The summed E-state index contributed by atoms with van der Waals surface area (Å²) in [6.45, 7) is 5.85. The third kappa shape index (κ3) is 6.15. The standard InChI is InChI=1S/C27H29NO2/c1-4-8-22-13-15-26(25(18-22)24-9-6-5-7-10-24)30-27-16-14-23(19-28-27)12-11-20(2)17-21(3)29/h5-7,9-16,18-20H,4,8,17H2,1-3H3/b12-11+/t20-/m0/s1. The number of hydrogen-bond acceptors (Lipinski definition) is 3. The van der Waals surface area contributed by atoms with E-state index in [-0.39, 0.29) is 11.7 Å². The summed E-state index contributed by atoms with van der Waals surface area (Å²) in [5.41, 5.74) is 4.49. The number of allylic oxidation sites excluding steroid dienone is 1. The van der Waals surface area contributed by atoms with Gasteiger partial charge in [-0.05, 0) is 54.2 Å². The van der Waals surface area contributed by atoms with Crippen LogP contribution in [0.25, 0.3) is 17.2 Å². The van der Waals surface area contributed by atoms with Gasteiger partial charge in [0.15, 0.2) is 0 Å². The van der Waals surface area contributed by atoms with Crippen LogP contribution in [0.4, 0.5) is 0 Å². The number of carbonyl (C=O) groups excluding carboxylic acids is 1. The van der Waals surface area contributed by atoms with E-state index in [1.165, 1.54) is 5.56 Å². The number of rotatable bonds is 9. The third-order valence-corrected chi connectivity index (χ3v) is 4.87. The van der Waals surface area contributed by atoms with Gasteiger partial charge in [0.25, 0.3) is 0 Å². The van der Waals surface area contributed by atoms with Crippen molar-refractivity contribution in [3.63, 3.8) is 0 Å². The summed E-state index contributed by atoms with van der Waals surface area (Å²) in [6, 6.07) is 20.5. The highest BCUT2D eigenvalue weighted by atomic mass is 16.5. The molecule has 1 aromatic heterocycles. The smallest absolute Gasteiger partial charge is 0.219 e. The van der Waals surface area contributed by atoms with Gasteiger partial charge in [-0.1, -0.05) is 68.8 Å². The van der Waals surface area contributed by atoms with Crippen LogP contribution in [0.5, 0.6) is 11.6 Å². The lowest BCUT2D eigenvalue weighted by atomic mass is 10.00. The van der Waals surface area contributed by atoms with Crippen LogP contribution in [-0.4, -0.2) is 10.8 Å². The maximum absolute atomic E-state index is 11.2. The summed E-state index contributed by atoms with van der Waals surface area (Å²) < 4.78 is 6.15. The molecule has 0 aliphatic carbocycles. The second-order valence-corrected chi connectivity index (χ2v) is 7.72. The second kappa shape index (κ2) is 10.5. The molecule has 0 aliphatic heterocycles. The van der Waals surface area contributed by atoms with Crippen molar-refractivity contribution in [1.29, 1.82) is 0 Å². The molecule has 3 rings (SSSR count). The highest BCUT2D eigenvalue weighted by Gasteiger charge is 2.10. The van der Waals surface area contributed by atoms with Crippen molar-refractivity contribution in [3.05, 3.63) is 84.1 Å². The number of hydrogen-bond donors (Lipinski definition) is 0. The summed E-state index contributed by atoms with van der Waals surface area (Å²) >= 11 is 0. The summed E-state index contributed by atoms with van der Waals surface area (Å²) in [5, 5.41) is 0. The summed E-state index contributed by atoms with van der Waals surface area (Å²) in [5.74, 6) is 1.78. The SMILES string of the molecule is CCCc1ccc(Oc2ccc(/C=C/[C@H](C)CC(C)=O)cn2)c(-c2ccccc2)c1. The molecule has 0 spiro atoms. The normalized spacial score (nSPS) is 12.1. The zero-order valence-corrected chi connectivity index (χ0v) is 18.0. The minimum atomic E-state index is 0.202. The molecule has 0 fully saturated rings. The van der Waals surface area contributed by atoms with E-state index in [4.69, 9.17) is 4.74 Å². The zero-order chi connectivity index (χ0) is 21.3. The van der Waals surface area contributed by atoms with E-state index < -0.39 is 0 Å². The molecule has 2 aromatic carbocycles. The Morgan fingerprint density at radius 3 is 2.57 bits per heavy atom. The number of carbonyl (C=O) groups is 1. The van der Waals surface area contributed by atoms with Crippen molar-refractivity contribution < 1.29 is 9.53 Å². The monoisotopic (exact) mass is 399 g/mol. The van der Waals surface area contributed by atoms with Crippen LogP contribution in [0, 0.1) is 5.92 Å². The van der Waals surface area contributed by atoms with Crippen molar-refractivity contribution in [1.82, 2.24) is 4.98 Å². The topological polar surface area (TPSA) is 39.2 Å². The van der Waals surface area contributed by atoms with Crippen molar-refractivity contribution in [2.75, 3.05) is 0 Å². The molecule has 0 saturated heterocycles. The molecule has 3 nitrogen and oxygen atoms in total. The minimum absolute atomic E-state index is 0.202. The Hall–Kier alpha value is -3.20. The highest BCUT2D eigenvalue weighted by Crippen LogP contribution is 2.34. The first-order chi connectivity index (χ1) is 14.5. The van der Waals surface area contributed by atoms with Crippen LogP contribution in [-0.2, 0) is 11.2 Å². The van der Waals surface area contributed by atoms with Crippen molar-refractivity contribution in [2.45, 2.75) is 40.0 Å². The predicted octanol–water partition coefficient (Wildman–Crippen LogP) is 7.12. The number of aromatic nitrogens is 1. The molecule has 0 unspecified atom stereocenters. The van der Waals surface area contributed by atoms with Crippen molar-refractivity contribution in [2.24, 2.45) is 5.92 Å². The number of pyridine rings is 1. The molecule has 0 bridgehead atoms. The van der Waals surface area contributed by atoms with Gasteiger partial charge in [0.1, 0.15) is 11.5 Å². The van der Waals surface area contributed by atoms with Crippen LogP contribution in [0.15, 0.2) is 72.9 Å². The van der Waals surface area contributed by atoms with Gasteiger partial charge in [0.2, 0.25) is 5.88 Å². The van der Waals surface area contributed by atoms with Gasteiger partial charge in [-0.25, -0.2) is 4.98 Å². The second-order valence-electron chi connectivity index (χ2n) is 7.72. The third-order valence-electron chi connectivity index (χ3n) is 4.87. The molecule has 0 saturated carbocycles. The van der Waals surface area contributed by atoms with Gasteiger partial charge in [0.05, 0.1) is 0 Å². The molecule has 3 heteroatoms. The Bertz CT molecular complexity index is 991. The summed E-state index contributed by atoms with van der Waals surface area (Å²) in [6.07, 6.45) is 8.54. The van der Waals surface area contributed by atoms with Gasteiger partial charge in [-0.3, -0.25) is 0 Å². The molecule has 0 radical (unpaired) electrons. The van der Waals surface area contributed by atoms with E-state index in [1.54, 1.807) is 13.1 Å². The lowest BCUT2D eigenvalue weighted by molar-refractivity contribution is -0.117. The van der Waals surface area contributed by atoms with E-state index in [1.807, 2.05) is 55.5 Å². The maximum Gasteiger partial charge on any atom is 0.219 e. The molecule has 0 amide bonds. The lowest BCUT2D eigenvalue weighted by Crippen LogP contribution is -1.97. The Morgan fingerprint density at radius 2 is 1.90 bits per heavy atom.